The van der Waals surface area contributed by atoms with Gasteiger partial charge in [-0.05, 0) is 95.2 Å². The van der Waals surface area contributed by atoms with Crippen LogP contribution in [0.5, 0.6) is 34.5 Å². The van der Waals surface area contributed by atoms with Crippen LogP contribution in [0.2, 0.25) is 0 Å². The molecule has 0 fully saturated rings. The highest BCUT2D eigenvalue weighted by atomic mass is 19.2. The summed E-state index contributed by atoms with van der Waals surface area (Å²) in [5, 5.41) is 0. The number of carbonyl (C=O) groups excluding carboxylic acids is 1. The molecule has 4 aromatic rings. The van der Waals surface area contributed by atoms with E-state index in [1.54, 1.807) is 26.4 Å². The van der Waals surface area contributed by atoms with E-state index in [4.69, 9.17) is 18.9 Å². The van der Waals surface area contributed by atoms with Crippen molar-refractivity contribution >= 4 is 5.78 Å². The van der Waals surface area contributed by atoms with Crippen molar-refractivity contribution in [1.29, 1.82) is 0 Å². The normalized spacial score (nSPS) is 19.1. The van der Waals surface area contributed by atoms with Crippen molar-refractivity contribution in [3.05, 3.63) is 104 Å². The minimum absolute atomic E-state index is 0.0276. The number of halogens is 6. The van der Waals surface area contributed by atoms with Crippen LogP contribution in [0.4, 0.5) is 26.3 Å². The molecule has 1 heterocycles. The van der Waals surface area contributed by atoms with E-state index in [9.17, 15) is 13.6 Å². The predicted octanol–water partition coefficient (Wildman–Crippen LogP) is 9.93. The maximum atomic E-state index is 16.0. The highest BCUT2D eigenvalue weighted by molar-refractivity contribution is 6.10. The van der Waals surface area contributed by atoms with Crippen molar-refractivity contribution in [3.63, 3.8) is 0 Å². The van der Waals surface area contributed by atoms with Gasteiger partial charge in [-0.2, -0.15) is 4.39 Å². The molecule has 0 radical (unpaired) electrons. The van der Waals surface area contributed by atoms with Gasteiger partial charge in [0.05, 0.1) is 19.8 Å². The molecule has 0 saturated heterocycles. The van der Waals surface area contributed by atoms with Gasteiger partial charge in [0.25, 0.3) is 0 Å². The average Bonchev–Trinajstić information content (AvgIpc) is 3.41. The summed E-state index contributed by atoms with van der Waals surface area (Å²) in [6.07, 6.45) is 1.34. The van der Waals surface area contributed by atoms with Crippen molar-refractivity contribution in [1.82, 2.24) is 0 Å². The van der Waals surface area contributed by atoms with Gasteiger partial charge < -0.3 is 18.9 Å². The summed E-state index contributed by atoms with van der Waals surface area (Å²) in [5.41, 5.74) is -1.63. The molecule has 0 N–H and O–H groups in total. The van der Waals surface area contributed by atoms with Gasteiger partial charge in [0, 0.05) is 5.41 Å². The number of hydrogen-bond acceptors (Lipinski definition) is 5. The van der Waals surface area contributed by atoms with Crippen LogP contribution in [0, 0.1) is 48.8 Å². The zero-order chi connectivity index (χ0) is 35.7. The molecular formula is C38H32F6O5. The molecule has 1 aliphatic heterocycles. The molecule has 49 heavy (non-hydrogen) atoms. The largest absolute Gasteiger partial charge is 0.493 e. The molecule has 0 amide bonds. The van der Waals surface area contributed by atoms with Crippen LogP contribution < -0.4 is 18.9 Å². The average molecular weight is 683 g/mol. The molecular weight excluding hydrogens is 650 g/mol. The summed E-state index contributed by atoms with van der Waals surface area (Å²) < 4.78 is 114. The second kappa shape index (κ2) is 10.4. The van der Waals surface area contributed by atoms with Crippen LogP contribution in [0.3, 0.4) is 0 Å². The molecule has 7 rings (SSSR count). The first-order valence-electron chi connectivity index (χ1n) is 15.6. The van der Waals surface area contributed by atoms with E-state index >= 15 is 17.6 Å². The lowest BCUT2D eigenvalue weighted by Crippen LogP contribution is -2.27. The predicted molar refractivity (Wildman–Crippen MR) is 168 cm³/mol. The zero-order valence-corrected chi connectivity index (χ0v) is 28.0. The molecule has 1 spiro atoms. The summed E-state index contributed by atoms with van der Waals surface area (Å²) in [7, 11) is 3.13. The Morgan fingerprint density at radius 2 is 1.00 bits per heavy atom. The fourth-order valence-corrected chi connectivity index (χ4v) is 8.23. The number of ether oxygens (including phenoxy) is 4. The second-order valence-corrected chi connectivity index (χ2v) is 14.4. The van der Waals surface area contributed by atoms with Gasteiger partial charge in [-0.15, -0.1) is 0 Å². The summed E-state index contributed by atoms with van der Waals surface area (Å²) in [6, 6.07) is 7.28. The Morgan fingerprint density at radius 1 is 0.592 bits per heavy atom. The van der Waals surface area contributed by atoms with E-state index in [1.165, 1.54) is 0 Å². The van der Waals surface area contributed by atoms with Gasteiger partial charge in [-0.3, -0.25) is 4.79 Å². The number of ketones is 1. The van der Waals surface area contributed by atoms with Crippen molar-refractivity contribution in [2.75, 3.05) is 14.2 Å². The molecule has 4 aromatic carbocycles. The van der Waals surface area contributed by atoms with Gasteiger partial charge in [0.1, 0.15) is 11.4 Å². The summed E-state index contributed by atoms with van der Waals surface area (Å²) >= 11 is 0. The van der Waals surface area contributed by atoms with Gasteiger partial charge in [0.2, 0.25) is 23.1 Å². The number of carbonyl (C=O) groups is 1. The lowest BCUT2D eigenvalue weighted by Gasteiger charge is -2.31. The number of benzene rings is 4. The van der Waals surface area contributed by atoms with E-state index in [1.807, 2.05) is 12.1 Å². The minimum Gasteiger partial charge on any atom is -0.493 e. The molecule has 1 atom stereocenters. The van der Waals surface area contributed by atoms with Crippen LogP contribution in [0.1, 0.15) is 89.8 Å². The zero-order valence-electron chi connectivity index (χ0n) is 28.0. The summed E-state index contributed by atoms with van der Waals surface area (Å²) in [5.74, 6) is -13.6. The molecule has 0 bridgehead atoms. The van der Waals surface area contributed by atoms with Gasteiger partial charge in [0.15, 0.2) is 46.3 Å². The molecule has 3 aliphatic rings. The number of methoxy groups -OCH3 is 2. The van der Waals surface area contributed by atoms with Crippen molar-refractivity contribution < 1.29 is 50.1 Å². The SMILES string of the molecule is COc1cc2c(cc1OC)C1(CC2(C)C)CC(C)(C)c2cc3c(cc21)Oc1c(F)c(F)c(C(=O)c2c(F)c(C)c(C)c(F)c2F)c(F)c1O3. The van der Waals surface area contributed by atoms with Crippen LogP contribution >= 0.6 is 0 Å². The molecule has 2 aliphatic carbocycles. The Labute approximate surface area is 278 Å². The maximum Gasteiger partial charge on any atom is 0.211 e. The second-order valence-electron chi connectivity index (χ2n) is 14.4. The highest BCUT2D eigenvalue weighted by Gasteiger charge is 2.57. The van der Waals surface area contributed by atoms with Gasteiger partial charge in [-0.1, -0.05) is 27.7 Å². The maximum absolute atomic E-state index is 16.0. The lowest BCUT2D eigenvalue weighted by atomic mass is 9.72. The Bertz CT molecular complexity index is 2140. The third-order valence-corrected chi connectivity index (χ3v) is 10.6. The minimum atomic E-state index is -2.07. The van der Waals surface area contributed by atoms with Crippen LogP contribution in [0.15, 0.2) is 24.3 Å². The van der Waals surface area contributed by atoms with E-state index < -0.39 is 85.3 Å². The molecule has 0 aromatic heterocycles. The van der Waals surface area contributed by atoms with Crippen molar-refractivity contribution in [3.8, 4) is 34.5 Å². The standard InChI is InChI=1S/C38H32F6O5/c1-15-16(2)28(40)29(41)25(27(15)39)33(45)26-30(42)32(44)35-34(31(26)43)48-23-10-18-20(12-24(23)49-35)38(14-37(18,5)6)13-36(3,4)17-9-21(46-7)22(47-8)11-19(17)38/h9-12H,13-14H2,1-8H3. The van der Waals surface area contributed by atoms with E-state index in [2.05, 4.69) is 27.7 Å². The third-order valence-electron chi connectivity index (χ3n) is 10.6. The van der Waals surface area contributed by atoms with Gasteiger partial charge in [-0.25, -0.2) is 22.0 Å². The molecule has 256 valence electrons. The van der Waals surface area contributed by atoms with E-state index in [-0.39, 0.29) is 16.9 Å². The number of hydrogen-bond donors (Lipinski definition) is 0. The van der Waals surface area contributed by atoms with E-state index in [0.29, 0.717) is 24.3 Å². The molecule has 0 saturated carbocycles. The smallest absolute Gasteiger partial charge is 0.211 e. The van der Waals surface area contributed by atoms with Crippen LogP contribution in [-0.2, 0) is 16.2 Å². The quantitative estimate of drug-likeness (QED) is 0.107. The molecule has 11 heteroatoms. The van der Waals surface area contributed by atoms with Crippen molar-refractivity contribution in [2.24, 2.45) is 0 Å². The Kier molecular flexibility index (Phi) is 6.99. The van der Waals surface area contributed by atoms with Gasteiger partial charge >= 0.3 is 0 Å². The molecule has 5 nitrogen and oxygen atoms in total. The first-order valence-corrected chi connectivity index (χ1v) is 15.6. The fourth-order valence-electron chi connectivity index (χ4n) is 8.23. The van der Waals surface area contributed by atoms with E-state index in [0.717, 1.165) is 36.1 Å². The monoisotopic (exact) mass is 682 g/mol. The van der Waals surface area contributed by atoms with Crippen LogP contribution in [-0.4, -0.2) is 20.0 Å². The third kappa shape index (κ3) is 4.29. The Balaban J connectivity index is 1.38. The number of fused-ring (bicyclic) bond motifs is 6. The lowest BCUT2D eigenvalue weighted by molar-refractivity contribution is 0.101. The van der Waals surface area contributed by atoms with Crippen molar-refractivity contribution in [2.45, 2.75) is 70.6 Å². The first-order chi connectivity index (χ1) is 22.9. The number of rotatable bonds is 4. The fraction of sp³-hybridized carbons (Fsp3) is 0.342. The Morgan fingerprint density at radius 3 is 1.55 bits per heavy atom. The molecule has 1 unspecified atom stereocenters. The summed E-state index contributed by atoms with van der Waals surface area (Å²) in [6.45, 7) is 10.5. The Hall–Kier alpha value is -4.67. The van der Waals surface area contributed by atoms with Crippen LogP contribution in [0.25, 0.3) is 0 Å². The first kappa shape index (κ1) is 32.9. The summed E-state index contributed by atoms with van der Waals surface area (Å²) in [4.78, 5) is 13.2. The highest BCUT2D eigenvalue weighted by Crippen LogP contribution is 2.65. The topological polar surface area (TPSA) is 54.0 Å².